The van der Waals surface area contributed by atoms with Crippen molar-refractivity contribution < 1.29 is 14.6 Å². The molecule has 1 aliphatic heterocycles. The normalized spacial score (nSPS) is 21.1. The third-order valence-electron chi connectivity index (χ3n) is 4.23. The van der Waals surface area contributed by atoms with Gasteiger partial charge in [0.15, 0.2) is 0 Å². The SMILES string of the molecule is CCc1sc([C@H](C)NC(=O)N2CCOC[C@@H]2C[C@@H](C)O)cc1C. The van der Waals surface area contributed by atoms with E-state index in [4.69, 9.17) is 4.74 Å². The van der Waals surface area contributed by atoms with Gasteiger partial charge in [0.2, 0.25) is 0 Å². The molecule has 0 saturated carbocycles. The van der Waals surface area contributed by atoms with Crippen LogP contribution in [0, 0.1) is 6.92 Å². The lowest BCUT2D eigenvalue weighted by Crippen LogP contribution is -2.53. The molecule has 0 radical (unpaired) electrons. The number of aryl methyl sites for hydroxylation is 2. The van der Waals surface area contributed by atoms with Crippen LogP contribution in [0.1, 0.15) is 48.6 Å². The molecule has 5 nitrogen and oxygen atoms in total. The highest BCUT2D eigenvalue weighted by molar-refractivity contribution is 7.12. The third kappa shape index (κ3) is 4.68. The number of aliphatic hydroxyl groups excluding tert-OH is 1. The van der Waals surface area contributed by atoms with Gasteiger partial charge < -0.3 is 20.1 Å². The maximum atomic E-state index is 12.6. The van der Waals surface area contributed by atoms with E-state index >= 15 is 0 Å². The fourth-order valence-electron chi connectivity index (χ4n) is 2.96. The van der Waals surface area contributed by atoms with Crippen LogP contribution in [0.15, 0.2) is 6.07 Å². The van der Waals surface area contributed by atoms with Crippen LogP contribution in [-0.4, -0.2) is 47.9 Å². The molecule has 23 heavy (non-hydrogen) atoms. The van der Waals surface area contributed by atoms with Gasteiger partial charge in [-0.1, -0.05) is 6.92 Å². The minimum absolute atomic E-state index is 0.0125. The monoisotopic (exact) mass is 340 g/mol. The second-order valence-electron chi connectivity index (χ2n) is 6.29. The van der Waals surface area contributed by atoms with Crippen LogP contribution in [0.2, 0.25) is 0 Å². The number of carbonyl (C=O) groups is 1. The van der Waals surface area contributed by atoms with Gasteiger partial charge in [0, 0.05) is 16.3 Å². The van der Waals surface area contributed by atoms with E-state index in [1.807, 2.05) is 6.92 Å². The molecule has 0 spiro atoms. The van der Waals surface area contributed by atoms with E-state index in [0.717, 1.165) is 6.42 Å². The van der Waals surface area contributed by atoms with E-state index in [0.29, 0.717) is 26.2 Å². The first-order chi connectivity index (χ1) is 10.9. The lowest BCUT2D eigenvalue weighted by molar-refractivity contribution is -0.00472. The molecule has 1 aliphatic rings. The summed E-state index contributed by atoms with van der Waals surface area (Å²) < 4.78 is 5.46. The second kappa shape index (κ2) is 8.13. The van der Waals surface area contributed by atoms with E-state index in [2.05, 4.69) is 25.2 Å². The lowest BCUT2D eigenvalue weighted by Gasteiger charge is -2.36. The largest absolute Gasteiger partial charge is 0.393 e. The quantitative estimate of drug-likeness (QED) is 0.866. The molecule has 1 aromatic heterocycles. The first kappa shape index (κ1) is 18.2. The molecule has 2 rings (SSSR count). The predicted octanol–water partition coefficient (Wildman–Crippen LogP) is 2.86. The Morgan fingerprint density at radius 3 is 2.91 bits per heavy atom. The molecule has 0 aromatic carbocycles. The maximum absolute atomic E-state index is 12.6. The fourth-order valence-corrected chi connectivity index (χ4v) is 4.08. The first-order valence-electron chi connectivity index (χ1n) is 8.34. The number of nitrogens with one attached hydrogen (secondary N) is 1. The number of thiophene rings is 1. The van der Waals surface area contributed by atoms with Gasteiger partial charge in [-0.3, -0.25) is 0 Å². The molecular formula is C17H28N2O3S. The number of nitrogens with zero attached hydrogens (tertiary/aromatic N) is 1. The van der Waals surface area contributed by atoms with Gasteiger partial charge >= 0.3 is 6.03 Å². The molecule has 130 valence electrons. The molecule has 2 heterocycles. The zero-order valence-electron chi connectivity index (χ0n) is 14.5. The Morgan fingerprint density at radius 1 is 1.57 bits per heavy atom. The number of hydrogen-bond acceptors (Lipinski definition) is 4. The van der Waals surface area contributed by atoms with Gasteiger partial charge in [0.1, 0.15) is 0 Å². The number of morpholine rings is 1. The number of ether oxygens (including phenoxy) is 1. The average molecular weight is 340 g/mol. The third-order valence-corrected chi connectivity index (χ3v) is 5.79. The Bertz CT molecular complexity index is 530. The molecule has 1 saturated heterocycles. The van der Waals surface area contributed by atoms with Crippen molar-refractivity contribution in [3.8, 4) is 0 Å². The highest BCUT2D eigenvalue weighted by atomic mass is 32.1. The number of carbonyl (C=O) groups excluding carboxylic acids is 1. The molecule has 0 unspecified atom stereocenters. The van der Waals surface area contributed by atoms with Crippen LogP contribution in [0.25, 0.3) is 0 Å². The number of rotatable bonds is 5. The van der Waals surface area contributed by atoms with Gasteiger partial charge in [-0.15, -0.1) is 11.3 Å². The Hall–Kier alpha value is -1.11. The van der Waals surface area contributed by atoms with Crippen LogP contribution < -0.4 is 5.32 Å². The molecule has 2 amide bonds. The minimum atomic E-state index is -0.443. The van der Waals surface area contributed by atoms with Crippen molar-refractivity contribution in [1.29, 1.82) is 0 Å². The molecule has 1 fully saturated rings. The molecule has 3 atom stereocenters. The van der Waals surface area contributed by atoms with Crippen molar-refractivity contribution >= 4 is 17.4 Å². The summed E-state index contributed by atoms with van der Waals surface area (Å²) in [5.41, 5.74) is 1.30. The second-order valence-corrected chi connectivity index (χ2v) is 7.45. The predicted molar refractivity (Wildman–Crippen MR) is 93.0 cm³/mol. The summed E-state index contributed by atoms with van der Waals surface area (Å²) >= 11 is 1.77. The zero-order valence-corrected chi connectivity index (χ0v) is 15.3. The molecular weight excluding hydrogens is 312 g/mol. The van der Waals surface area contributed by atoms with Gasteiger partial charge in [-0.2, -0.15) is 0 Å². The number of hydrogen-bond donors (Lipinski definition) is 2. The van der Waals surface area contributed by atoms with Crippen molar-refractivity contribution in [3.05, 3.63) is 21.4 Å². The van der Waals surface area contributed by atoms with Gasteiger partial charge in [-0.25, -0.2) is 4.79 Å². The summed E-state index contributed by atoms with van der Waals surface area (Å²) in [6, 6.07) is 2.02. The summed E-state index contributed by atoms with van der Waals surface area (Å²) in [5.74, 6) is 0. The van der Waals surface area contributed by atoms with Gasteiger partial charge in [-0.05, 0) is 45.2 Å². The van der Waals surface area contributed by atoms with E-state index < -0.39 is 6.10 Å². The first-order valence-corrected chi connectivity index (χ1v) is 9.16. The minimum Gasteiger partial charge on any atom is -0.393 e. The standard InChI is InChI=1S/C17H28N2O3S/c1-5-15-11(2)8-16(23-15)13(4)18-17(21)19-6-7-22-10-14(19)9-12(3)20/h8,12-14,20H,5-7,9-10H2,1-4H3,(H,18,21)/t12-,13+,14+/m1/s1. The average Bonchev–Trinajstić information content (AvgIpc) is 2.88. The van der Waals surface area contributed by atoms with Crippen molar-refractivity contribution in [2.24, 2.45) is 0 Å². The Morgan fingerprint density at radius 2 is 2.30 bits per heavy atom. The number of aliphatic hydroxyl groups is 1. The Balaban J connectivity index is 2.00. The molecule has 2 N–H and O–H groups in total. The molecule has 0 aliphatic carbocycles. The smallest absolute Gasteiger partial charge is 0.318 e. The summed E-state index contributed by atoms with van der Waals surface area (Å²) in [7, 11) is 0. The summed E-state index contributed by atoms with van der Waals surface area (Å²) in [5, 5.41) is 12.7. The summed E-state index contributed by atoms with van der Waals surface area (Å²) in [4.78, 5) is 17.0. The zero-order chi connectivity index (χ0) is 17.0. The van der Waals surface area contributed by atoms with Crippen molar-refractivity contribution in [2.75, 3.05) is 19.8 Å². The van der Waals surface area contributed by atoms with E-state index in [1.165, 1.54) is 15.3 Å². The lowest BCUT2D eigenvalue weighted by atomic mass is 10.1. The highest BCUT2D eigenvalue weighted by Crippen LogP contribution is 2.27. The van der Waals surface area contributed by atoms with E-state index in [-0.39, 0.29) is 18.1 Å². The van der Waals surface area contributed by atoms with Gasteiger partial charge in [0.05, 0.1) is 31.4 Å². The fraction of sp³-hybridized carbons (Fsp3) is 0.706. The molecule has 1 aromatic rings. The summed E-state index contributed by atoms with van der Waals surface area (Å²) in [6.45, 7) is 9.65. The van der Waals surface area contributed by atoms with Gasteiger partial charge in [0.25, 0.3) is 0 Å². The van der Waals surface area contributed by atoms with E-state index in [9.17, 15) is 9.90 Å². The topological polar surface area (TPSA) is 61.8 Å². The molecule has 6 heteroatoms. The van der Waals surface area contributed by atoms with Crippen molar-refractivity contribution in [2.45, 2.75) is 58.7 Å². The van der Waals surface area contributed by atoms with Crippen LogP contribution in [0.4, 0.5) is 4.79 Å². The Labute approximate surface area is 142 Å². The molecule has 0 bridgehead atoms. The number of amides is 2. The van der Waals surface area contributed by atoms with Crippen molar-refractivity contribution in [3.63, 3.8) is 0 Å². The summed E-state index contributed by atoms with van der Waals surface area (Å²) in [6.07, 6.45) is 1.12. The van der Waals surface area contributed by atoms with Crippen molar-refractivity contribution in [1.82, 2.24) is 10.2 Å². The van der Waals surface area contributed by atoms with Crippen LogP contribution in [-0.2, 0) is 11.2 Å². The number of urea groups is 1. The van der Waals surface area contributed by atoms with Crippen LogP contribution >= 0.6 is 11.3 Å². The van der Waals surface area contributed by atoms with Crippen LogP contribution in [0.3, 0.4) is 0 Å². The Kier molecular flexibility index (Phi) is 6.44. The maximum Gasteiger partial charge on any atom is 0.318 e. The van der Waals surface area contributed by atoms with E-state index in [1.54, 1.807) is 23.2 Å². The van der Waals surface area contributed by atoms with Crippen LogP contribution in [0.5, 0.6) is 0 Å². The highest BCUT2D eigenvalue weighted by Gasteiger charge is 2.29.